The molecule has 4 nitrogen and oxygen atoms in total. The SMILES string of the molecule is C[Si](C)(C)CCOCN1C=CNC1(Br)C#N. The zero-order valence-electron chi connectivity index (χ0n) is 9.96. The van der Waals surface area contributed by atoms with Crippen molar-refractivity contribution in [2.75, 3.05) is 13.3 Å². The van der Waals surface area contributed by atoms with Gasteiger partial charge in [-0.25, -0.2) is 0 Å². The van der Waals surface area contributed by atoms with Gasteiger partial charge in [0.05, 0.1) is 0 Å². The van der Waals surface area contributed by atoms with Crippen LogP contribution in [0.1, 0.15) is 0 Å². The van der Waals surface area contributed by atoms with Gasteiger partial charge in [0, 0.05) is 27.1 Å². The summed E-state index contributed by atoms with van der Waals surface area (Å²) in [6.07, 6.45) is 3.55. The Morgan fingerprint density at radius 3 is 2.81 bits per heavy atom. The molecule has 0 spiro atoms. The Morgan fingerprint density at radius 1 is 1.56 bits per heavy atom. The van der Waals surface area contributed by atoms with Crippen LogP contribution >= 0.6 is 15.9 Å². The van der Waals surface area contributed by atoms with Crippen LogP contribution in [0.2, 0.25) is 25.7 Å². The summed E-state index contributed by atoms with van der Waals surface area (Å²) in [6.45, 7) is 8.13. The molecule has 90 valence electrons. The first-order valence-electron chi connectivity index (χ1n) is 5.26. The second-order valence-electron chi connectivity index (χ2n) is 5.01. The molecule has 0 saturated heterocycles. The van der Waals surface area contributed by atoms with Crippen molar-refractivity contribution >= 4 is 24.0 Å². The summed E-state index contributed by atoms with van der Waals surface area (Å²) in [5, 5.41) is 11.9. The van der Waals surface area contributed by atoms with Gasteiger partial charge >= 0.3 is 0 Å². The lowest BCUT2D eigenvalue weighted by Crippen LogP contribution is -2.45. The second kappa shape index (κ2) is 5.21. The Labute approximate surface area is 106 Å². The smallest absolute Gasteiger partial charge is 0.258 e. The van der Waals surface area contributed by atoms with E-state index < -0.39 is 12.6 Å². The van der Waals surface area contributed by atoms with Crippen molar-refractivity contribution in [1.82, 2.24) is 10.2 Å². The molecule has 1 rings (SSSR count). The van der Waals surface area contributed by atoms with Gasteiger partial charge < -0.3 is 15.0 Å². The van der Waals surface area contributed by atoms with E-state index in [1.807, 2.05) is 6.20 Å². The number of alkyl halides is 1. The van der Waals surface area contributed by atoms with Crippen molar-refractivity contribution in [1.29, 1.82) is 5.26 Å². The molecule has 1 aliphatic rings. The third-order valence-corrected chi connectivity index (χ3v) is 4.87. The van der Waals surface area contributed by atoms with Crippen LogP contribution in [0, 0.1) is 11.3 Å². The molecule has 0 aromatic carbocycles. The molecule has 0 bridgehead atoms. The van der Waals surface area contributed by atoms with Gasteiger partial charge in [-0.1, -0.05) is 19.6 Å². The molecule has 0 radical (unpaired) electrons. The van der Waals surface area contributed by atoms with Crippen LogP contribution in [0.5, 0.6) is 0 Å². The number of halogens is 1. The molecule has 1 atom stereocenters. The standard InChI is InChI=1S/C10H18BrN3OSi/c1-16(2,3)7-6-15-9-14-5-4-13-10(14,11)8-12/h4-5,13H,6-7,9H2,1-3H3. The van der Waals surface area contributed by atoms with E-state index in [1.165, 1.54) is 0 Å². The number of rotatable bonds is 5. The van der Waals surface area contributed by atoms with Gasteiger partial charge in [-0.2, -0.15) is 5.26 Å². The zero-order chi connectivity index (χ0) is 12.2. The molecule has 1 N–H and O–H groups in total. The Morgan fingerprint density at radius 2 is 2.25 bits per heavy atom. The molecule has 0 saturated carbocycles. The molecule has 16 heavy (non-hydrogen) atoms. The van der Waals surface area contributed by atoms with Crippen molar-refractivity contribution in [2.24, 2.45) is 0 Å². The maximum Gasteiger partial charge on any atom is 0.258 e. The first-order valence-corrected chi connectivity index (χ1v) is 9.76. The number of nitrogens with zero attached hydrogens (tertiary/aromatic N) is 2. The average Bonchev–Trinajstić information content (AvgIpc) is 2.54. The quantitative estimate of drug-likeness (QED) is 0.366. The van der Waals surface area contributed by atoms with Crippen molar-refractivity contribution in [3.63, 3.8) is 0 Å². The monoisotopic (exact) mass is 303 g/mol. The molecule has 0 aliphatic carbocycles. The van der Waals surface area contributed by atoms with Crippen molar-refractivity contribution in [3.05, 3.63) is 12.4 Å². The molecule has 0 aromatic heterocycles. The van der Waals surface area contributed by atoms with Crippen molar-refractivity contribution in [2.45, 2.75) is 30.3 Å². The normalized spacial score (nSPS) is 24.3. The minimum atomic E-state index is -1.03. The highest BCUT2D eigenvalue weighted by Gasteiger charge is 2.34. The predicted molar refractivity (Wildman–Crippen MR) is 70.4 cm³/mol. The van der Waals surface area contributed by atoms with E-state index in [9.17, 15) is 0 Å². The maximum absolute atomic E-state index is 8.99. The molecular formula is C10H18BrN3OSi. The highest BCUT2D eigenvalue weighted by Crippen LogP contribution is 2.23. The van der Waals surface area contributed by atoms with Gasteiger partial charge in [-0.15, -0.1) is 0 Å². The lowest BCUT2D eigenvalue weighted by Gasteiger charge is -2.27. The van der Waals surface area contributed by atoms with Gasteiger partial charge in [0.25, 0.3) is 4.57 Å². The first-order chi connectivity index (χ1) is 7.37. The Hall–Kier alpha value is -0.513. The number of nitrogens with one attached hydrogen (secondary N) is 1. The van der Waals surface area contributed by atoms with Crippen LogP contribution in [0.15, 0.2) is 12.4 Å². The lowest BCUT2D eigenvalue weighted by atomic mass is 10.5. The first kappa shape index (κ1) is 13.6. The summed E-state index contributed by atoms with van der Waals surface area (Å²) >= 11 is 3.32. The number of nitriles is 1. The predicted octanol–water partition coefficient (Wildman–Crippen LogP) is 2.25. The molecule has 0 fully saturated rings. The third kappa shape index (κ3) is 3.81. The van der Waals surface area contributed by atoms with Gasteiger partial charge in [-0.05, 0) is 22.0 Å². The summed E-state index contributed by atoms with van der Waals surface area (Å²) in [6, 6.07) is 3.28. The summed E-state index contributed by atoms with van der Waals surface area (Å²) < 4.78 is 4.74. The van der Waals surface area contributed by atoms with Crippen LogP contribution in [-0.2, 0) is 4.74 Å². The topological polar surface area (TPSA) is 48.3 Å². The fourth-order valence-electron chi connectivity index (χ4n) is 1.19. The van der Waals surface area contributed by atoms with Crippen LogP contribution in [0.4, 0.5) is 0 Å². The van der Waals surface area contributed by atoms with Crippen LogP contribution in [0.3, 0.4) is 0 Å². The summed E-state index contributed by atoms with van der Waals surface area (Å²) in [5.41, 5.74) is 0. The zero-order valence-corrected chi connectivity index (χ0v) is 12.5. The van der Waals surface area contributed by atoms with E-state index in [1.54, 1.807) is 11.1 Å². The molecule has 1 aliphatic heterocycles. The molecule has 0 amide bonds. The molecule has 1 heterocycles. The van der Waals surface area contributed by atoms with E-state index in [-0.39, 0.29) is 0 Å². The summed E-state index contributed by atoms with van der Waals surface area (Å²) in [5.74, 6) is 0. The lowest BCUT2D eigenvalue weighted by molar-refractivity contribution is 0.0476. The number of hydrogen-bond donors (Lipinski definition) is 1. The van der Waals surface area contributed by atoms with E-state index in [4.69, 9.17) is 10.00 Å². The van der Waals surface area contributed by atoms with E-state index in [0.29, 0.717) is 6.73 Å². The number of ether oxygens (including phenoxy) is 1. The van der Waals surface area contributed by atoms with E-state index in [2.05, 4.69) is 47.0 Å². The Balaban J connectivity index is 2.29. The minimum absolute atomic E-state index is 0.423. The van der Waals surface area contributed by atoms with Gasteiger partial charge in [0.15, 0.2) is 0 Å². The average molecular weight is 304 g/mol. The fraction of sp³-hybridized carbons (Fsp3) is 0.700. The van der Waals surface area contributed by atoms with Crippen LogP contribution in [-0.4, -0.2) is 30.9 Å². The van der Waals surface area contributed by atoms with Gasteiger partial charge in [0.1, 0.15) is 12.8 Å². The van der Waals surface area contributed by atoms with Gasteiger partial charge in [-0.3, -0.25) is 0 Å². The molecule has 1 unspecified atom stereocenters. The second-order valence-corrected chi connectivity index (χ2v) is 11.8. The highest BCUT2D eigenvalue weighted by molar-refractivity contribution is 9.10. The molecule has 6 heteroatoms. The van der Waals surface area contributed by atoms with E-state index >= 15 is 0 Å². The van der Waals surface area contributed by atoms with Crippen LogP contribution < -0.4 is 5.32 Å². The molecular weight excluding hydrogens is 286 g/mol. The van der Waals surface area contributed by atoms with Crippen molar-refractivity contribution in [3.8, 4) is 6.07 Å². The maximum atomic E-state index is 8.99. The Kier molecular flexibility index (Phi) is 4.41. The fourth-order valence-corrected chi connectivity index (χ4v) is 2.30. The van der Waals surface area contributed by atoms with E-state index in [0.717, 1.165) is 12.7 Å². The van der Waals surface area contributed by atoms with Crippen LogP contribution in [0.25, 0.3) is 0 Å². The number of hydrogen-bond acceptors (Lipinski definition) is 4. The summed E-state index contributed by atoms with van der Waals surface area (Å²) in [7, 11) is -1.03. The third-order valence-electron chi connectivity index (χ3n) is 2.30. The highest BCUT2D eigenvalue weighted by atomic mass is 79.9. The van der Waals surface area contributed by atoms with Crippen molar-refractivity contribution < 1.29 is 4.74 Å². The Bertz CT molecular complexity index is 310. The minimum Gasteiger partial charge on any atom is -0.361 e. The van der Waals surface area contributed by atoms with Gasteiger partial charge in [0.2, 0.25) is 0 Å². The summed E-state index contributed by atoms with van der Waals surface area (Å²) in [4.78, 5) is 1.79. The largest absolute Gasteiger partial charge is 0.361 e. The molecule has 0 aromatic rings.